The summed E-state index contributed by atoms with van der Waals surface area (Å²) in [5.74, 6) is 1.55. The molecule has 0 saturated heterocycles. The Bertz CT molecular complexity index is 592. The van der Waals surface area contributed by atoms with Crippen molar-refractivity contribution in [2.24, 2.45) is 4.99 Å². The van der Waals surface area contributed by atoms with Crippen LogP contribution in [0.4, 0.5) is 0 Å². The summed E-state index contributed by atoms with van der Waals surface area (Å²) in [7, 11) is 0. The molecular weight excluding hydrogens is 276 g/mol. The van der Waals surface area contributed by atoms with Crippen molar-refractivity contribution in [1.29, 1.82) is 0 Å². The molecule has 1 atom stereocenters. The highest BCUT2D eigenvalue weighted by Gasteiger charge is 2.08. The predicted octanol–water partition coefficient (Wildman–Crippen LogP) is 3.05. The molecule has 118 valence electrons. The minimum atomic E-state index is 0.180. The lowest BCUT2D eigenvalue weighted by atomic mass is 10.1. The van der Waals surface area contributed by atoms with Gasteiger partial charge in [0.2, 0.25) is 0 Å². The first-order valence-corrected chi connectivity index (χ1v) is 7.77. The Balaban J connectivity index is 2.00. The van der Waals surface area contributed by atoms with Crippen LogP contribution in [0.5, 0.6) is 0 Å². The van der Waals surface area contributed by atoms with E-state index in [1.807, 2.05) is 31.2 Å². The second-order valence-electron chi connectivity index (χ2n) is 5.11. The second-order valence-corrected chi connectivity index (χ2v) is 5.11. The van der Waals surface area contributed by atoms with Gasteiger partial charge in [0.25, 0.3) is 0 Å². The monoisotopic (exact) mass is 300 g/mol. The molecule has 22 heavy (non-hydrogen) atoms. The molecule has 0 radical (unpaired) electrons. The number of nitrogens with zero attached hydrogens (tertiary/aromatic N) is 2. The summed E-state index contributed by atoms with van der Waals surface area (Å²) in [6.45, 7) is 7.51. The van der Waals surface area contributed by atoms with Crippen molar-refractivity contribution < 1.29 is 4.52 Å². The second kappa shape index (κ2) is 8.22. The Morgan fingerprint density at radius 2 is 2.05 bits per heavy atom. The molecule has 1 heterocycles. The lowest BCUT2D eigenvalue weighted by Crippen LogP contribution is -2.38. The normalized spacial score (nSPS) is 13.0. The molecule has 0 aliphatic carbocycles. The van der Waals surface area contributed by atoms with E-state index in [4.69, 9.17) is 4.52 Å². The van der Waals surface area contributed by atoms with E-state index in [1.165, 1.54) is 5.56 Å². The van der Waals surface area contributed by atoms with Crippen LogP contribution >= 0.6 is 0 Å². The van der Waals surface area contributed by atoms with Gasteiger partial charge in [0.15, 0.2) is 11.7 Å². The molecule has 0 amide bonds. The highest BCUT2D eigenvalue weighted by atomic mass is 16.5. The van der Waals surface area contributed by atoms with E-state index in [0.717, 1.165) is 30.4 Å². The van der Waals surface area contributed by atoms with Gasteiger partial charge >= 0.3 is 0 Å². The van der Waals surface area contributed by atoms with Crippen molar-refractivity contribution in [3.05, 3.63) is 53.4 Å². The maximum absolute atomic E-state index is 5.26. The highest BCUT2D eigenvalue weighted by molar-refractivity contribution is 5.80. The van der Waals surface area contributed by atoms with Crippen LogP contribution < -0.4 is 10.6 Å². The molecular formula is C17H24N4O. The van der Waals surface area contributed by atoms with E-state index >= 15 is 0 Å². The molecule has 1 aromatic carbocycles. The van der Waals surface area contributed by atoms with Gasteiger partial charge in [-0.05, 0) is 25.8 Å². The molecule has 0 bridgehead atoms. The smallest absolute Gasteiger partial charge is 0.192 e. The third kappa shape index (κ3) is 4.62. The maximum atomic E-state index is 5.26. The van der Waals surface area contributed by atoms with Crippen LogP contribution in [0.25, 0.3) is 0 Å². The van der Waals surface area contributed by atoms with Crippen molar-refractivity contribution in [2.45, 2.75) is 39.8 Å². The maximum Gasteiger partial charge on any atom is 0.192 e. The van der Waals surface area contributed by atoms with Crippen LogP contribution in [0.2, 0.25) is 0 Å². The van der Waals surface area contributed by atoms with Gasteiger partial charge in [0.1, 0.15) is 6.54 Å². The molecule has 5 heteroatoms. The molecule has 0 aliphatic heterocycles. The van der Waals surface area contributed by atoms with Crippen LogP contribution in [-0.4, -0.2) is 17.7 Å². The molecule has 1 unspecified atom stereocenters. The van der Waals surface area contributed by atoms with Crippen LogP contribution in [0.3, 0.4) is 0 Å². The fraction of sp³-hybridized carbons (Fsp3) is 0.412. The number of aliphatic imine (C=N–C) groups is 1. The third-order valence-electron chi connectivity index (χ3n) is 3.36. The Kier molecular flexibility index (Phi) is 6.01. The van der Waals surface area contributed by atoms with Crippen molar-refractivity contribution >= 4 is 5.96 Å². The number of aryl methyl sites for hydroxylation is 1. The van der Waals surface area contributed by atoms with Gasteiger partial charge < -0.3 is 15.2 Å². The van der Waals surface area contributed by atoms with Crippen molar-refractivity contribution in [2.75, 3.05) is 6.54 Å². The van der Waals surface area contributed by atoms with Crippen molar-refractivity contribution in [1.82, 2.24) is 15.8 Å². The lowest BCUT2D eigenvalue weighted by molar-refractivity contribution is 0.379. The van der Waals surface area contributed by atoms with E-state index in [9.17, 15) is 0 Å². The number of nitrogens with one attached hydrogen (secondary N) is 2. The molecule has 0 fully saturated rings. The number of aromatic nitrogens is 1. The molecule has 2 N–H and O–H groups in total. The summed E-state index contributed by atoms with van der Waals surface area (Å²) >= 11 is 0. The van der Waals surface area contributed by atoms with E-state index in [2.05, 4.69) is 46.8 Å². The Morgan fingerprint density at radius 3 is 2.68 bits per heavy atom. The topological polar surface area (TPSA) is 62.5 Å². The molecule has 2 aromatic rings. The van der Waals surface area contributed by atoms with Crippen molar-refractivity contribution in [3.8, 4) is 0 Å². The number of hydrogen-bond acceptors (Lipinski definition) is 3. The van der Waals surface area contributed by atoms with E-state index in [-0.39, 0.29) is 6.04 Å². The molecule has 0 saturated carbocycles. The SMILES string of the molecule is CCNC(=NCc1cc(CC)no1)NC(C)c1ccccc1. The lowest BCUT2D eigenvalue weighted by Gasteiger charge is -2.18. The molecule has 0 spiro atoms. The zero-order valence-electron chi connectivity index (χ0n) is 13.5. The Labute approximate surface area is 131 Å². The van der Waals surface area contributed by atoms with Gasteiger partial charge in [0, 0.05) is 12.6 Å². The molecule has 2 rings (SSSR count). The standard InChI is InChI=1S/C17H24N4O/c1-4-15-11-16(22-21-15)12-19-17(18-5-2)20-13(3)14-9-7-6-8-10-14/h6-11,13H,4-5,12H2,1-3H3,(H2,18,19,20). The summed E-state index contributed by atoms with van der Waals surface area (Å²) in [5, 5.41) is 10.6. The minimum absolute atomic E-state index is 0.180. The van der Waals surface area contributed by atoms with Crippen LogP contribution in [0.15, 0.2) is 45.9 Å². The number of benzene rings is 1. The summed E-state index contributed by atoms with van der Waals surface area (Å²) in [4.78, 5) is 4.56. The average molecular weight is 300 g/mol. The molecule has 1 aromatic heterocycles. The Hall–Kier alpha value is -2.30. The van der Waals surface area contributed by atoms with E-state index < -0.39 is 0 Å². The predicted molar refractivity (Wildman–Crippen MR) is 88.7 cm³/mol. The number of guanidine groups is 1. The molecule has 5 nitrogen and oxygen atoms in total. The zero-order chi connectivity index (χ0) is 15.8. The van der Waals surface area contributed by atoms with Gasteiger partial charge in [-0.3, -0.25) is 0 Å². The summed E-state index contributed by atoms with van der Waals surface area (Å²) in [6.07, 6.45) is 0.872. The van der Waals surface area contributed by atoms with Crippen LogP contribution in [-0.2, 0) is 13.0 Å². The van der Waals surface area contributed by atoms with Gasteiger partial charge in [0.05, 0.1) is 11.7 Å². The number of rotatable bonds is 6. The fourth-order valence-corrected chi connectivity index (χ4v) is 2.10. The number of hydrogen-bond donors (Lipinski definition) is 2. The average Bonchev–Trinajstić information content (AvgIpc) is 3.01. The van der Waals surface area contributed by atoms with Gasteiger partial charge in [-0.15, -0.1) is 0 Å². The largest absolute Gasteiger partial charge is 0.359 e. The zero-order valence-corrected chi connectivity index (χ0v) is 13.5. The first-order chi connectivity index (χ1) is 10.7. The first kappa shape index (κ1) is 16.1. The Morgan fingerprint density at radius 1 is 1.27 bits per heavy atom. The summed E-state index contributed by atoms with van der Waals surface area (Å²) in [6, 6.07) is 12.4. The third-order valence-corrected chi connectivity index (χ3v) is 3.36. The van der Waals surface area contributed by atoms with E-state index in [1.54, 1.807) is 0 Å². The summed E-state index contributed by atoms with van der Waals surface area (Å²) < 4.78 is 5.26. The minimum Gasteiger partial charge on any atom is -0.359 e. The quantitative estimate of drug-likeness (QED) is 0.636. The van der Waals surface area contributed by atoms with Gasteiger partial charge in [-0.1, -0.05) is 42.4 Å². The first-order valence-electron chi connectivity index (χ1n) is 7.77. The van der Waals surface area contributed by atoms with Gasteiger partial charge in [-0.25, -0.2) is 4.99 Å². The fourth-order valence-electron chi connectivity index (χ4n) is 2.10. The van der Waals surface area contributed by atoms with Crippen molar-refractivity contribution in [3.63, 3.8) is 0 Å². The highest BCUT2D eigenvalue weighted by Crippen LogP contribution is 2.11. The summed E-state index contributed by atoms with van der Waals surface area (Å²) in [5.41, 5.74) is 2.18. The van der Waals surface area contributed by atoms with Crippen LogP contribution in [0, 0.1) is 0 Å². The van der Waals surface area contributed by atoms with E-state index in [0.29, 0.717) is 6.54 Å². The molecule has 0 aliphatic rings. The van der Waals surface area contributed by atoms with Gasteiger partial charge in [-0.2, -0.15) is 0 Å². The van der Waals surface area contributed by atoms with Crippen LogP contribution in [0.1, 0.15) is 43.8 Å².